The number of piperazine rings is 1. The number of para-hydroxylation sites is 1. The average Bonchev–Trinajstić information content (AvgIpc) is 2.92. The SMILES string of the molecule is COc1ccc(CCNC(=O)CSc2nc(Cl)cc(N3CCN(c4ccccc4Cl)CC3)n2)cc1OC. The standard InChI is InChI=1S/C26H29Cl2N5O3S/c1-35-21-8-7-18(15-22(21)36-2)9-10-29-25(34)17-37-26-30-23(28)16-24(31-26)33-13-11-32(12-14-33)20-6-4-3-5-19(20)27/h3-8,15-16H,9-14,17H2,1-2H3,(H,29,34). The van der Waals surface area contributed by atoms with Crippen LogP contribution in [0.2, 0.25) is 10.2 Å². The maximum absolute atomic E-state index is 12.4. The molecule has 196 valence electrons. The van der Waals surface area contributed by atoms with Crippen LogP contribution >= 0.6 is 35.0 Å². The number of hydrogen-bond acceptors (Lipinski definition) is 8. The van der Waals surface area contributed by atoms with Crippen molar-refractivity contribution in [1.29, 1.82) is 0 Å². The molecule has 2 heterocycles. The first-order valence-corrected chi connectivity index (χ1v) is 13.6. The monoisotopic (exact) mass is 561 g/mol. The van der Waals surface area contributed by atoms with Crippen molar-refractivity contribution in [2.75, 3.05) is 62.5 Å². The Hall–Kier alpha value is -2.88. The van der Waals surface area contributed by atoms with Gasteiger partial charge >= 0.3 is 0 Å². The van der Waals surface area contributed by atoms with Crippen LogP contribution in [-0.2, 0) is 11.2 Å². The Bertz CT molecular complexity index is 1220. The van der Waals surface area contributed by atoms with Gasteiger partial charge in [-0.1, -0.05) is 53.2 Å². The summed E-state index contributed by atoms with van der Waals surface area (Å²) in [6.07, 6.45) is 0.675. The number of carbonyl (C=O) groups is 1. The van der Waals surface area contributed by atoms with Crippen molar-refractivity contribution >= 4 is 52.4 Å². The van der Waals surface area contributed by atoms with Crippen LogP contribution in [0, 0.1) is 0 Å². The summed E-state index contributed by atoms with van der Waals surface area (Å²) in [5, 5.41) is 4.52. The number of methoxy groups -OCH3 is 2. The van der Waals surface area contributed by atoms with E-state index in [1.807, 2.05) is 42.5 Å². The number of aromatic nitrogens is 2. The number of rotatable bonds is 10. The van der Waals surface area contributed by atoms with Gasteiger partial charge in [0, 0.05) is 38.8 Å². The largest absolute Gasteiger partial charge is 0.493 e. The highest BCUT2D eigenvalue weighted by Crippen LogP contribution is 2.29. The molecule has 2 aromatic carbocycles. The molecule has 0 atom stereocenters. The van der Waals surface area contributed by atoms with Crippen LogP contribution in [0.15, 0.2) is 53.7 Å². The topological polar surface area (TPSA) is 79.8 Å². The zero-order valence-electron chi connectivity index (χ0n) is 20.7. The van der Waals surface area contributed by atoms with Gasteiger partial charge in [-0.2, -0.15) is 0 Å². The number of amides is 1. The first kappa shape index (κ1) is 27.2. The van der Waals surface area contributed by atoms with E-state index in [9.17, 15) is 4.79 Å². The molecule has 0 radical (unpaired) electrons. The summed E-state index contributed by atoms with van der Waals surface area (Å²) in [6.45, 7) is 3.69. The molecule has 1 aliphatic rings. The van der Waals surface area contributed by atoms with Crippen LogP contribution < -0.4 is 24.6 Å². The number of anilines is 2. The van der Waals surface area contributed by atoms with Crippen molar-refractivity contribution in [2.45, 2.75) is 11.6 Å². The van der Waals surface area contributed by atoms with Crippen LogP contribution in [0.5, 0.6) is 11.5 Å². The number of hydrogen-bond donors (Lipinski definition) is 1. The third kappa shape index (κ3) is 7.34. The Morgan fingerprint density at radius 1 is 0.973 bits per heavy atom. The summed E-state index contributed by atoms with van der Waals surface area (Å²) < 4.78 is 10.6. The highest BCUT2D eigenvalue weighted by atomic mass is 35.5. The highest BCUT2D eigenvalue weighted by Gasteiger charge is 2.21. The van der Waals surface area contributed by atoms with Gasteiger partial charge in [0.05, 0.1) is 30.7 Å². The van der Waals surface area contributed by atoms with E-state index >= 15 is 0 Å². The van der Waals surface area contributed by atoms with Crippen LogP contribution in [0.25, 0.3) is 0 Å². The molecule has 0 aliphatic carbocycles. The molecule has 0 unspecified atom stereocenters. The molecule has 0 bridgehead atoms. The Kier molecular flexibility index (Phi) is 9.60. The van der Waals surface area contributed by atoms with Crippen LogP contribution in [0.1, 0.15) is 5.56 Å². The first-order valence-electron chi connectivity index (χ1n) is 11.9. The summed E-state index contributed by atoms with van der Waals surface area (Å²) >= 11 is 13.9. The summed E-state index contributed by atoms with van der Waals surface area (Å²) in [4.78, 5) is 25.8. The van der Waals surface area contributed by atoms with Gasteiger partial charge in [-0.05, 0) is 36.2 Å². The number of ether oxygens (including phenoxy) is 2. The fraction of sp³-hybridized carbons (Fsp3) is 0.346. The lowest BCUT2D eigenvalue weighted by molar-refractivity contribution is -0.118. The zero-order chi connectivity index (χ0) is 26.2. The molecule has 1 amide bonds. The van der Waals surface area contributed by atoms with E-state index in [0.29, 0.717) is 34.8 Å². The lowest BCUT2D eigenvalue weighted by Gasteiger charge is -2.37. The van der Waals surface area contributed by atoms with Crippen molar-refractivity contribution in [3.63, 3.8) is 0 Å². The van der Waals surface area contributed by atoms with Gasteiger partial charge in [0.1, 0.15) is 11.0 Å². The average molecular weight is 563 g/mol. The number of nitrogens with one attached hydrogen (secondary N) is 1. The van der Waals surface area contributed by atoms with Crippen molar-refractivity contribution in [2.24, 2.45) is 0 Å². The Morgan fingerprint density at radius 2 is 1.70 bits per heavy atom. The van der Waals surface area contributed by atoms with Gasteiger partial charge in [0.15, 0.2) is 16.7 Å². The van der Waals surface area contributed by atoms with E-state index < -0.39 is 0 Å². The molecule has 1 saturated heterocycles. The van der Waals surface area contributed by atoms with Crippen molar-refractivity contribution in [3.05, 3.63) is 64.3 Å². The fourth-order valence-corrected chi connectivity index (χ4v) is 5.23. The number of nitrogens with zero attached hydrogens (tertiary/aromatic N) is 4. The predicted molar refractivity (Wildman–Crippen MR) is 150 cm³/mol. The molecule has 1 aromatic heterocycles. The lowest BCUT2D eigenvalue weighted by atomic mass is 10.1. The van der Waals surface area contributed by atoms with E-state index in [1.165, 1.54) is 11.8 Å². The van der Waals surface area contributed by atoms with Crippen LogP contribution in [-0.4, -0.2) is 68.6 Å². The van der Waals surface area contributed by atoms with Gasteiger partial charge < -0.3 is 24.6 Å². The first-order chi connectivity index (χ1) is 18.0. The molecular formula is C26H29Cl2N5O3S. The number of halogens is 2. The van der Waals surface area contributed by atoms with E-state index in [0.717, 1.165) is 48.3 Å². The second-order valence-corrected chi connectivity index (χ2v) is 10.1. The van der Waals surface area contributed by atoms with Crippen molar-refractivity contribution in [3.8, 4) is 11.5 Å². The second kappa shape index (κ2) is 13.1. The third-order valence-corrected chi connectivity index (χ3v) is 7.33. The van der Waals surface area contributed by atoms with E-state index in [4.69, 9.17) is 32.7 Å². The molecule has 8 nitrogen and oxygen atoms in total. The molecule has 1 N–H and O–H groups in total. The number of thioether (sulfide) groups is 1. The predicted octanol–water partition coefficient (Wildman–Crippen LogP) is 4.58. The van der Waals surface area contributed by atoms with Crippen molar-refractivity contribution < 1.29 is 14.3 Å². The Labute approximate surface area is 231 Å². The summed E-state index contributed by atoms with van der Waals surface area (Å²) in [5.41, 5.74) is 2.08. The third-order valence-electron chi connectivity index (χ3n) is 5.97. The van der Waals surface area contributed by atoms with Crippen molar-refractivity contribution in [1.82, 2.24) is 15.3 Å². The summed E-state index contributed by atoms with van der Waals surface area (Å²) in [5.74, 6) is 2.21. The number of carbonyl (C=O) groups excluding carboxylic acids is 1. The minimum absolute atomic E-state index is 0.0936. The molecular weight excluding hydrogens is 533 g/mol. The Balaban J connectivity index is 1.26. The fourth-order valence-electron chi connectivity index (χ4n) is 4.06. The van der Waals surface area contributed by atoms with Crippen LogP contribution in [0.3, 0.4) is 0 Å². The minimum atomic E-state index is -0.0936. The summed E-state index contributed by atoms with van der Waals surface area (Å²) in [7, 11) is 3.20. The Morgan fingerprint density at radius 3 is 2.43 bits per heavy atom. The molecule has 11 heteroatoms. The lowest BCUT2D eigenvalue weighted by Crippen LogP contribution is -2.47. The van der Waals surface area contributed by atoms with E-state index in [1.54, 1.807) is 20.3 Å². The molecule has 3 aromatic rings. The molecule has 0 saturated carbocycles. The summed E-state index contributed by atoms with van der Waals surface area (Å²) in [6, 6.07) is 15.4. The van der Waals surface area contributed by atoms with Gasteiger partial charge in [-0.25, -0.2) is 9.97 Å². The van der Waals surface area contributed by atoms with Gasteiger partial charge in [0.2, 0.25) is 5.91 Å². The van der Waals surface area contributed by atoms with E-state index in [2.05, 4.69) is 25.1 Å². The molecule has 4 rings (SSSR count). The second-order valence-electron chi connectivity index (χ2n) is 8.33. The highest BCUT2D eigenvalue weighted by molar-refractivity contribution is 7.99. The van der Waals surface area contributed by atoms with Gasteiger partial charge in [-0.3, -0.25) is 4.79 Å². The van der Waals surface area contributed by atoms with Crippen LogP contribution in [0.4, 0.5) is 11.5 Å². The molecule has 1 fully saturated rings. The molecule has 1 aliphatic heterocycles. The molecule has 0 spiro atoms. The van der Waals surface area contributed by atoms with Gasteiger partial charge in [0.25, 0.3) is 0 Å². The zero-order valence-corrected chi connectivity index (χ0v) is 23.1. The van der Waals surface area contributed by atoms with E-state index in [-0.39, 0.29) is 11.7 Å². The normalized spacial score (nSPS) is 13.4. The maximum atomic E-state index is 12.4. The minimum Gasteiger partial charge on any atom is -0.493 e. The number of benzene rings is 2. The van der Waals surface area contributed by atoms with Gasteiger partial charge in [-0.15, -0.1) is 0 Å². The smallest absolute Gasteiger partial charge is 0.230 e. The molecule has 37 heavy (non-hydrogen) atoms. The maximum Gasteiger partial charge on any atom is 0.230 e. The quantitative estimate of drug-likeness (QED) is 0.219.